The highest BCUT2D eigenvalue weighted by atomic mass is 32.2. The van der Waals surface area contributed by atoms with E-state index in [0.29, 0.717) is 12.1 Å². The third-order valence-electron chi connectivity index (χ3n) is 6.11. The van der Waals surface area contributed by atoms with E-state index in [1.54, 1.807) is 0 Å². The minimum atomic E-state index is -4.65. The topological polar surface area (TPSA) is 51.2 Å². The monoisotopic (exact) mass is 460 g/mol. The van der Waals surface area contributed by atoms with Crippen LogP contribution in [0.2, 0.25) is 0 Å². The Morgan fingerprint density at radius 3 is 2.35 bits per heavy atom. The predicted octanol–water partition coefficient (Wildman–Crippen LogP) is 5.89. The molecule has 3 nitrogen and oxygen atoms in total. The molecule has 1 fully saturated rings. The van der Waals surface area contributed by atoms with Crippen LogP contribution in [0.3, 0.4) is 0 Å². The van der Waals surface area contributed by atoms with E-state index in [-0.39, 0.29) is 31.5 Å². The van der Waals surface area contributed by atoms with Crippen LogP contribution in [0.1, 0.15) is 37.7 Å². The molecule has 0 N–H and O–H groups in total. The molecular formula is C22H21F5O3S. The first kappa shape index (κ1) is 23.4. The molecule has 2 aliphatic rings. The second-order valence-electron chi connectivity index (χ2n) is 7.90. The third kappa shape index (κ3) is 4.24. The molecule has 1 saturated carbocycles. The number of benzene rings is 1. The number of ketones is 1. The van der Waals surface area contributed by atoms with Crippen LogP contribution in [0.4, 0.5) is 22.0 Å². The maximum atomic E-state index is 14.9. The zero-order valence-corrected chi connectivity index (χ0v) is 17.3. The molecule has 3 rings (SSSR count). The molecule has 0 aromatic heterocycles. The van der Waals surface area contributed by atoms with Crippen LogP contribution in [-0.4, -0.2) is 18.9 Å². The van der Waals surface area contributed by atoms with Gasteiger partial charge in [-0.05, 0) is 55.7 Å². The fourth-order valence-electron chi connectivity index (χ4n) is 4.48. The summed E-state index contributed by atoms with van der Waals surface area (Å²) >= 11 is 0. The molecule has 0 bridgehead atoms. The maximum absolute atomic E-state index is 14.9. The second-order valence-corrected chi connectivity index (χ2v) is 10.2. The van der Waals surface area contributed by atoms with Crippen LogP contribution in [0.15, 0.2) is 65.6 Å². The van der Waals surface area contributed by atoms with Crippen molar-refractivity contribution in [1.82, 2.24) is 0 Å². The van der Waals surface area contributed by atoms with E-state index in [9.17, 15) is 35.2 Å². The van der Waals surface area contributed by atoms with Gasteiger partial charge in [0.05, 0.1) is 15.2 Å². The quantitative estimate of drug-likeness (QED) is 0.407. The average molecular weight is 460 g/mol. The maximum Gasteiger partial charge on any atom is 0.416 e. The van der Waals surface area contributed by atoms with Crippen LogP contribution in [0.25, 0.3) is 0 Å². The highest BCUT2D eigenvalue weighted by Crippen LogP contribution is 2.51. The van der Waals surface area contributed by atoms with Gasteiger partial charge in [-0.15, -0.1) is 6.58 Å². The first-order chi connectivity index (χ1) is 14.4. The Balaban J connectivity index is 2.14. The molecule has 0 aliphatic heterocycles. The number of hydrogen-bond donors (Lipinski definition) is 0. The molecule has 1 aromatic rings. The van der Waals surface area contributed by atoms with E-state index in [2.05, 4.69) is 6.58 Å². The van der Waals surface area contributed by atoms with Crippen LogP contribution in [-0.2, 0) is 20.8 Å². The van der Waals surface area contributed by atoms with E-state index < -0.39 is 61.1 Å². The number of alkyl halides is 3. The van der Waals surface area contributed by atoms with Gasteiger partial charge in [-0.25, -0.2) is 17.2 Å². The minimum Gasteiger partial charge on any atom is -0.299 e. The largest absolute Gasteiger partial charge is 0.416 e. The number of carbonyl (C=O) groups excluding carboxylic acids is 1. The summed E-state index contributed by atoms with van der Waals surface area (Å²) in [7, 11) is -4.45. The zero-order chi connectivity index (χ0) is 23.0. The Bertz CT molecular complexity index is 1040. The van der Waals surface area contributed by atoms with Gasteiger partial charge in [-0.3, -0.25) is 4.79 Å². The number of carbonyl (C=O) groups is 1. The highest BCUT2D eigenvalue weighted by molar-refractivity contribution is 7.92. The Hall–Kier alpha value is -2.29. The molecule has 0 radical (unpaired) electrons. The van der Waals surface area contributed by atoms with Crippen molar-refractivity contribution in [3.8, 4) is 0 Å². The van der Waals surface area contributed by atoms with E-state index in [1.807, 2.05) is 0 Å². The van der Waals surface area contributed by atoms with E-state index >= 15 is 0 Å². The predicted molar refractivity (Wildman–Crippen MR) is 105 cm³/mol. The smallest absolute Gasteiger partial charge is 0.299 e. The van der Waals surface area contributed by atoms with E-state index in [0.717, 1.165) is 24.3 Å². The Kier molecular flexibility index (Phi) is 6.28. The van der Waals surface area contributed by atoms with Gasteiger partial charge >= 0.3 is 6.18 Å². The van der Waals surface area contributed by atoms with Gasteiger partial charge in [0.15, 0.2) is 9.84 Å². The number of rotatable bonds is 5. The van der Waals surface area contributed by atoms with Gasteiger partial charge in [0.2, 0.25) is 0 Å². The summed E-state index contributed by atoms with van der Waals surface area (Å²) in [6, 6.07) is 2.94. The summed E-state index contributed by atoms with van der Waals surface area (Å²) in [6.45, 7) is 3.57. The third-order valence-corrected chi connectivity index (χ3v) is 8.73. The molecule has 0 spiro atoms. The highest BCUT2D eigenvalue weighted by Gasteiger charge is 2.56. The van der Waals surface area contributed by atoms with Crippen LogP contribution in [0.5, 0.6) is 0 Å². The first-order valence-electron chi connectivity index (χ1n) is 9.69. The van der Waals surface area contributed by atoms with Gasteiger partial charge in [0, 0.05) is 24.7 Å². The number of halogens is 5. The van der Waals surface area contributed by atoms with Crippen molar-refractivity contribution in [3.63, 3.8) is 0 Å². The van der Waals surface area contributed by atoms with Gasteiger partial charge in [0.25, 0.3) is 0 Å². The Labute approximate surface area is 177 Å². The number of allylic oxidation sites excluding steroid dienone is 5. The van der Waals surface area contributed by atoms with Crippen molar-refractivity contribution in [2.75, 3.05) is 0 Å². The van der Waals surface area contributed by atoms with Crippen LogP contribution >= 0.6 is 0 Å². The van der Waals surface area contributed by atoms with Crippen molar-refractivity contribution < 1.29 is 35.2 Å². The summed E-state index contributed by atoms with van der Waals surface area (Å²) in [4.78, 5) is 11.9. The molecule has 0 saturated heterocycles. The second kappa shape index (κ2) is 8.33. The van der Waals surface area contributed by atoms with Gasteiger partial charge < -0.3 is 0 Å². The molecule has 31 heavy (non-hydrogen) atoms. The summed E-state index contributed by atoms with van der Waals surface area (Å²) in [5.74, 6) is -3.87. The molecule has 3 atom stereocenters. The zero-order valence-electron chi connectivity index (χ0n) is 16.5. The molecule has 0 heterocycles. The first-order valence-corrected chi connectivity index (χ1v) is 11.2. The lowest BCUT2D eigenvalue weighted by Gasteiger charge is -2.44. The molecule has 1 aromatic carbocycles. The molecule has 0 amide bonds. The fourth-order valence-corrected chi connectivity index (χ4v) is 6.80. The lowest BCUT2D eigenvalue weighted by Crippen LogP contribution is -2.52. The Morgan fingerprint density at radius 1 is 1.13 bits per heavy atom. The number of hydrogen-bond acceptors (Lipinski definition) is 3. The van der Waals surface area contributed by atoms with Crippen LogP contribution in [0, 0.1) is 11.8 Å². The molecule has 168 valence electrons. The van der Waals surface area contributed by atoms with Crippen molar-refractivity contribution in [3.05, 3.63) is 66.3 Å². The fraction of sp³-hybridized carbons (Fsp3) is 0.409. The van der Waals surface area contributed by atoms with Crippen LogP contribution < -0.4 is 0 Å². The van der Waals surface area contributed by atoms with Crippen molar-refractivity contribution in [1.29, 1.82) is 0 Å². The van der Waals surface area contributed by atoms with Crippen molar-refractivity contribution in [2.24, 2.45) is 11.8 Å². The SMILES string of the molecule is C=CC[C@@H]1C[C@](C2CC(F)=CC=C2F)(S(=O)(=O)c2ccc(C(F)(F)F)cc2)CCC1=O. The minimum absolute atomic E-state index is 0.159. The number of Topliss-reactive ketones (excluding diaryl/α,β-unsaturated/α-hetero) is 1. The normalized spacial score (nSPS) is 27.5. The van der Waals surface area contributed by atoms with Gasteiger partial charge in [0.1, 0.15) is 17.4 Å². The van der Waals surface area contributed by atoms with E-state index in [4.69, 9.17) is 0 Å². The summed E-state index contributed by atoms with van der Waals surface area (Å²) in [5.41, 5.74) is -1.03. The molecule has 9 heteroatoms. The lowest BCUT2D eigenvalue weighted by atomic mass is 9.70. The lowest BCUT2D eigenvalue weighted by molar-refractivity contribution is -0.137. The summed E-state index contributed by atoms with van der Waals surface area (Å²) < 4.78 is 93.2. The van der Waals surface area contributed by atoms with E-state index in [1.165, 1.54) is 6.08 Å². The summed E-state index contributed by atoms with van der Waals surface area (Å²) in [6.07, 6.45) is -2.42. The standard InChI is InChI=1S/C22H21F5O3S/c1-2-3-14-13-21(11-10-20(14)28,18-12-16(23)6-9-19(18)24)31(29,30)17-7-4-15(5-8-17)22(25,26)27/h2,4-9,14,18H,1,3,10-13H2/t14-,18?,21-/m1/s1. The average Bonchev–Trinajstić information content (AvgIpc) is 2.71. The van der Waals surface area contributed by atoms with Crippen molar-refractivity contribution >= 4 is 15.6 Å². The number of sulfone groups is 1. The molecule has 1 unspecified atom stereocenters. The van der Waals surface area contributed by atoms with Gasteiger partial charge in [-0.2, -0.15) is 13.2 Å². The van der Waals surface area contributed by atoms with Gasteiger partial charge in [-0.1, -0.05) is 6.08 Å². The molecular weight excluding hydrogens is 439 g/mol. The summed E-state index contributed by atoms with van der Waals surface area (Å²) in [5, 5.41) is 0. The van der Waals surface area contributed by atoms with Crippen molar-refractivity contribution in [2.45, 2.75) is 47.9 Å². The molecule has 2 aliphatic carbocycles. The Morgan fingerprint density at radius 2 is 1.77 bits per heavy atom.